The lowest BCUT2D eigenvalue weighted by molar-refractivity contribution is -0.128. The lowest BCUT2D eigenvalue weighted by Gasteiger charge is -2.27. The molecule has 1 saturated heterocycles. The number of likely N-dealkylation sites (tertiary alicyclic amines) is 1. The normalized spacial score (nSPS) is 19.6. The monoisotopic (exact) mass is 435 g/mol. The lowest BCUT2D eigenvalue weighted by atomic mass is 9.93. The second kappa shape index (κ2) is 10.8. The largest absolute Gasteiger partial charge is 0.356 e. The molecule has 1 aliphatic heterocycles. The highest BCUT2D eigenvalue weighted by Gasteiger charge is 2.38. The van der Waals surface area contributed by atoms with Crippen LogP contribution in [-0.2, 0) is 9.59 Å². The van der Waals surface area contributed by atoms with Crippen molar-refractivity contribution in [2.24, 2.45) is 10.9 Å². The zero-order valence-electron chi connectivity index (χ0n) is 19.3. The van der Waals surface area contributed by atoms with Crippen molar-refractivity contribution in [1.82, 2.24) is 20.4 Å². The van der Waals surface area contributed by atoms with Gasteiger partial charge in [-0.1, -0.05) is 60.7 Å². The molecule has 1 heterocycles. The molecule has 3 atom stereocenters. The van der Waals surface area contributed by atoms with Gasteiger partial charge >= 0.3 is 0 Å². The van der Waals surface area contributed by atoms with E-state index in [0.29, 0.717) is 18.9 Å². The quantitative estimate of drug-likeness (QED) is 0.518. The first-order valence-corrected chi connectivity index (χ1v) is 11.0. The van der Waals surface area contributed by atoms with Gasteiger partial charge in [0.25, 0.3) is 0 Å². The third-order valence-corrected chi connectivity index (χ3v) is 5.89. The number of guanidine groups is 1. The van der Waals surface area contributed by atoms with Gasteiger partial charge in [0, 0.05) is 40.0 Å². The van der Waals surface area contributed by atoms with Gasteiger partial charge in [-0.2, -0.15) is 0 Å². The minimum absolute atomic E-state index is 0.00686. The predicted molar refractivity (Wildman–Crippen MR) is 127 cm³/mol. The van der Waals surface area contributed by atoms with Gasteiger partial charge in [-0.25, -0.2) is 4.99 Å². The molecule has 7 heteroatoms. The number of aliphatic imine (C=N–C) groups is 1. The summed E-state index contributed by atoms with van der Waals surface area (Å²) in [7, 11) is 5.30. The smallest absolute Gasteiger partial charge is 0.243 e. The molecular formula is C25H33N5O2. The van der Waals surface area contributed by atoms with Crippen LogP contribution < -0.4 is 10.6 Å². The number of nitrogens with one attached hydrogen (secondary N) is 2. The first kappa shape index (κ1) is 23.3. The van der Waals surface area contributed by atoms with Crippen molar-refractivity contribution < 1.29 is 9.59 Å². The Morgan fingerprint density at radius 2 is 1.75 bits per heavy atom. The van der Waals surface area contributed by atoms with E-state index in [0.717, 1.165) is 11.1 Å². The number of hydrogen-bond acceptors (Lipinski definition) is 3. The third kappa shape index (κ3) is 5.87. The van der Waals surface area contributed by atoms with Crippen LogP contribution in [-0.4, -0.2) is 61.8 Å². The van der Waals surface area contributed by atoms with Gasteiger partial charge in [0.15, 0.2) is 5.96 Å². The molecule has 2 N–H and O–H groups in total. The maximum absolute atomic E-state index is 12.5. The van der Waals surface area contributed by atoms with Gasteiger partial charge in [-0.3, -0.25) is 9.59 Å². The number of amides is 2. The Hall–Kier alpha value is -3.35. The molecule has 3 rings (SSSR count). The predicted octanol–water partition coefficient (Wildman–Crippen LogP) is 2.59. The summed E-state index contributed by atoms with van der Waals surface area (Å²) in [5.41, 5.74) is 2.25. The molecule has 0 bridgehead atoms. The van der Waals surface area contributed by atoms with Crippen LogP contribution in [0.1, 0.15) is 36.6 Å². The molecular weight excluding hydrogens is 402 g/mol. The standard InChI is InChI=1S/C25H33N5O2/c1-18(19-11-7-5-8-12-19)28-25(27-17-23(32)29(2)3)26-16-21-15-22(31)30(4)24(21)20-13-9-6-10-14-20/h5-14,18,21,24H,15-17H2,1-4H3,(H2,26,27,28). The van der Waals surface area contributed by atoms with E-state index in [4.69, 9.17) is 0 Å². The van der Waals surface area contributed by atoms with Crippen LogP contribution in [0.2, 0.25) is 0 Å². The number of hydrogen-bond donors (Lipinski definition) is 2. The van der Waals surface area contributed by atoms with Crippen LogP contribution in [0, 0.1) is 5.92 Å². The van der Waals surface area contributed by atoms with Gasteiger partial charge in [0.1, 0.15) is 6.54 Å². The number of benzene rings is 2. The molecule has 0 saturated carbocycles. The average molecular weight is 436 g/mol. The summed E-state index contributed by atoms with van der Waals surface area (Å²) in [5, 5.41) is 6.78. The topological polar surface area (TPSA) is 77.0 Å². The van der Waals surface area contributed by atoms with E-state index in [1.165, 1.54) is 4.90 Å². The first-order chi connectivity index (χ1) is 15.4. The van der Waals surface area contributed by atoms with Crippen molar-refractivity contribution in [2.75, 3.05) is 34.2 Å². The first-order valence-electron chi connectivity index (χ1n) is 11.0. The summed E-state index contributed by atoms with van der Waals surface area (Å²) < 4.78 is 0. The SMILES string of the molecule is CC(NC(=NCC(=O)N(C)C)NCC1CC(=O)N(C)C1c1ccccc1)c1ccccc1. The minimum atomic E-state index is -0.0728. The molecule has 3 unspecified atom stereocenters. The highest BCUT2D eigenvalue weighted by atomic mass is 16.2. The Labute approximate surface area is 190 Å². The molecule has 1 aliphatic rings. The van der Waals surface area contributed by atoms with Gasteiger partial charge in [-0.15, -0.1) is 0 Å². The Morgan fingerprint density at radius 3 is 2.38 bits per heavy atom. The van der Waals surface area contributed by atoms with Crippen LogP contribution >= 0.6 is 0 Å². The average Bonchev–Trinajstić information content (AvgIpc) is 3.09. The van der Waals surface area contributed by atoms with Crippen LogP contribution in [0.15, 0.2) is 65.7 Å². The fourth-order valence-electron chi connectivity index (χ4n) is 3.98. The Bertz CT molecular complexity index is 930. The van der Waals surface area contributed by atoms with E-state index in [1.54, 1.807) is 14.1 Å². The summed E-state index contributed by atoms with van der Waals surface area (Å²) in [6.07, 6.45) is 0.473. The zero-order valence-corrected chi connectivity index (χ0v) is 19.3. The van der Waals surface area contributed by atoms with Crippen molar-refractivity contribution >= 4 is 17.8 Å². The number of rotatable bonds is 7. The molecule has 0 aromatic heterocycles. The van der Waals surface area contributed by atoms with Gasteiger partial charge < -0.3 is 20.4 Å². The van der Waals surface area contributed by atoms with Crippen LogP contribution in [0.3, 0.4) is 0 Å². The van der Waals surface area contributed by atoms with Crippen LogP contribution in [0.25, 0.3) is 0 Å². The van der Waals surface area contributed by atoms with E-state index >= 15 is 0 Å². The highest BCUT2D eigenvalue weighted by Crippen LogP contribution is 2.36. The van der Waals surface area contributed by atoms with E-state index in [2.05, 4.69) is 46.8 Å². The summed E-state index contributed by atoms with van der Waals surface area (Å²) in [6, 6.07) is 20.2. The number of nitrogens with zero attached hydrogens (tertiary/aromatic N) is 3. The van der Waals surface area contributed by atoms with E-state index < -0.39 is 0 Å². The molecule has 32 heavy (non-hydrogen) atoms. The number of likely N-dealkylation sites (N-methyl/N-ethyl adjacent to an activating group) is 1. The molecule has 0 radical (unpaired) electrons. The van der Waals surface area contributed by atoms with Crippen molar-refractivity contribution in [3.63, 3.8) is 0 Å². The third-order valence-electron chi connectivity index (χ3n) is 5.89. The van der Waals surface area contributed by atoms with Crippen molar-refractivity contribution in [3.8, 4) is 0 Å². The van der Waals surface area contributed by atoms with E-state index in [1.807, 2.05) is 48.3 Å². The molecule has 170 valence electrons. The Balaban J connectivity index is 1.74. The fraction of sp³-hybridized carbons (Fsp3) is 0.400. The Kier molecular flexibility index (Phi) is 7.87. The molecule has 1 fully saturated rings. The minimum Gasteiger partial charge on any atom is -0.356 e. The molecule has 2 aromatic rings. The summed E-state index contributed by atoms with van der Waals surface area (Å²) in [4.78, 5) is 32.4. The van der Waals surface area contributed by atoms with Gasteiger partial charge in [0.2, 0.25) is 11.8 Å². The Morgan fingerprint density at radius 1 is 1.12 bits per heavy atom. The zero-order chi connectivity index (χ0) is 23.1. The second-order valence-corrected chi connectivity index (χ2v) is 8.43. The number of carbonyl (C=O) groups excluding carboxylic acids is 2. The van der Waals surface area contributed by atoms with E-state index in [-0.39, 0.29) is 36.4 Å². The van der Waals surface area contributed by atoms with Gasteiger partial charge in [0.05, 0.1) is 12.1 Å². The summed E-state index contributed by atoms with van der Waals surface area (Å²) in [5.74, 6) is 0.720. The van der Waals surface area contributed by atoms with Gasteiger partial charge in [-0.05, 0) is 18.1 Å². The molecule has 2 aromatic carbocycles. The molecule has 2 amide bonds. The van der Waals surface area contributed by atoms with Crippen LogP contribution in [0.4, 0.5) is 0 Å². The van der Waals surface area contributed by atoms with E-state index in [9.17, 15) is 9.59 Å². The highest BCUT2D eigenvalue weighted by molar-refractivity contribution is 5.85. The van der Waals surface area contributed by atoms with Crippen molar-refractivity contribution in [2.45, 2.75) is 25.4 Å². The summed E-state index contributed by atoms with van der Waals surface area (Å²) >= 11 is 0. The molecule has 7 nitrogen and oxygen atoms in total. The number of carbonyl (C=O) groups is 2. The maximum atomic E-state index is 12.5. The van der Waals surface area contributed by atoms with Crippen molar-refractivity contribution in [1.29, 1.82) is 0 Å². The lowest BCUT2D eigenvalue weighted by Crippen LogP contribution is -2.42. The van der Waals surface area contributed by atoms with Crippen molar-refractivity contribution in [3.05, 3.63) is 71.8 Å². The fourth-order valence-corrected chi connectivity index (χ4v) is 3.98. The molecule has 0 aliphatic carbocycles. The summed E-state index contributed by atoms with van der Waals surface area (Å²) in [6.45, 7) is 2.68. The second-order valence-electron chi connectivity index (χ2n) is 8.43. The van der Waals surface area contributed by atoms with Crippen LogP contribution in [0.5, 0.6) is 0 Å². The maximum Gasteiger partial charge on any atom is 0.243 e. The molecule has 0 spiro atoms.